The van der Waals surface area contributed by atoms with Crippen LogP contribution >= 0.6 is 0 Å². The first-order valence-corrected chi connectivity index (χ1v) is 10.1. The highest BCUT2D eigenvalue weighted by molar-refractivity contribution is 5.94. The number of rotatable bonds is 4. The number of carbonyl (C=O) groups is 1. The van der Waals surface area contributed by atoms with E-state index in [9.17, 15) is 9.18 Å². The summed E-state index contributed by atoms with van der Waals surface area (Å²) in [6.07, 6.45) is 4.68. The van der Waals surface area contributed by atoms with E-state index in [4.69, 9.17) is 10.00 Å². The van der Waals surface area contributed by atoms with Gasteiger partial charge in [0.2, 0.25) is 5.88 Å². The van der Waals surface area contributed by atoms with E-state index in [0.717, 1.165) is 19.3 Å². The van der Waals surface area contributed by atoms with Crippen LogP contribution in [0.3, 0.4) is 0 Å². The van der Waals surface area contributed by atoms with E-state index in [1.807, 2.05) is 17.9 Å². The molecule has 0 spiro atoms. The molecule has 3 heterocycles. The Labute approximate surface area is 179 Å². The minimum Gasteiger partial charge on any atom is -0.481 e. The Hall–Kier alpha value is -3.73. The summed E-state index contributed by atoms with van der Waals surface area (Å²) in [6.45, 7) is 3.23. The monoisotopic (exact) mass is 419 g/mol. The van der Waals surface area contributed by atoms with Gasteiger partial charge in [0.05, 0.1) is 30.3 Å². The van der Waals surface area contributed by atoms with Crippen LogP contribution in [0.25, 0.3) is 17.1 Å². The van der Waals surface area contributed by atoms with Crippen molar-refractivity contribution >= 4 is 5.91 Å². The van der Waals surface area contributed by atoms with Gasteiger partial charge >= 0.3 is 0 Å². The SMILES string of the molecule is COc1ccc(-n2c(-c3ccc(C#N)c(F)c3)nc(C(=O)N3CCCCC3)c2C)cn1. The zero-order valence-electron chi connectivity index (χ0n) is 17.4. The molecule has 1 fully saturated rings. The van der Waals surface area contributed by atoms with Crippen molar-refractivity contribution in [2.24, 2.45) is 0 Å². The van der Waals surface area contributed by atoms with Crippen molar-refractivity contribution in [2.45, 2.75) is 26.2 Å². The number of likely N-dealkylation sites (tertiary alicyclic amines) is 1. The van der Waals surface area contributed by atoms with E-state index in [1.54, 1.807) is 29.0 Å². The lowest BCUT2D eigenvalue weighted by molar-refractivity contribution is 0.0718. The molecule has 0 unspecified atom stereocenters. The number of nitrogens with zero attached hydrogens (tertiary/aromatic N) is 5. The molecule has 158 valence electrons. The molecular weight excluding hydrogens is 397 g/mol. The maximum absolute atomic E-state index is 14.4. The lowest BCUT2D eigenvalue weighted by Gasteiger charge is -2.26. The Morgan fingerprint density at radius 3 is 2.58 bits per heavy atom. The van der Waals surface area contributed by atoms with Gasteiger partial charge in [-0.3, -0.25) is 9.36 Å². The molecule has 0 radical (unpaired) electrons. The second-order valence-corrected chi connectivity index (χ2v) is 7.42. The third kappa shape index (κ3) is 3.87. The van der Waals surface area contributed by atoms with Crippen LogP contribution in [-0.2, 0) is 0 Å². The quantitative estimate of drug-likeness (QED) is 0.641. The first-order valence-electron chi connectivity index (χ1n) is 10.1. The maximum atomic E-state index is 14.4. The van der Waals surface area contributed by atoms with Crippen LogP contribution in [0.5, 0.6) is 5.88 Å². The highest BCUT2D eigenvalue weighted by Crippen LogP contribution is 2.29. The zero-order chi connectivity index (χ0) is 22.0. The number of pyridine rings is 1. The number of methoxy groups -OCH3 is 1. The number of aromatic nitrogens is 3. The van der Waals surface area contributed by atoms with Gasteiger partial charge in [-0.05, 0) is 50.5 Å². The van der Waals surface area contributed by atoms with E-state index >= 15 is 0 Å². The van der Waals surface area contributed by atoms with Gasteiger partial charge < -0.3 is 9.64 Å². The van der Waals surface area contributed by atoms with Crippen molar-refractivity contribution in [3.8, 4) is 29.0 Å². The van der Waals surface area contributed by atoms with Gasteiger partial charge in [0.25, 0.3) is 5.91 Å². The zero-order valence-corrected chi connectivity index (χ0v) is 17.4. The van der Waals surface area contributed by atoms with Crippen LogP contribution in [0.1, 0.15) is 41.0 Å². The Kier molecular flexibility index (Phi) is 5.67. The molecule has 1 aliphatic heterocycles. The third-order valence-electron chi connectivity index (χ3n) is 5.49. The fourth-order valence-corrected chi connectivity index (χ4v) is 3.83. The van der Waals surface area contributed by atoms with E-state index in [1.165, 1.54) is 19.2 Å². The normalized spacial score (nSPS) is 13.7. The summed E-state index contributed by atoms with van der Waals surface area (Å²) in [4.78, 5) is 23.9. The Morgan fingerprint density at radius 2 is 1.97 bits per heavy atom. The van der Waals surface area contributed by atoms with Gasteiger partial charge in [-0.1, -0.05) is 0 Å². The summed E-state index contributed by atoms with van der Waals surface area (Å²) in [5.74, 6) is 0.0991. The van der Waals surface area contributed by atoms with Crippen molar-refractivity contribution in [3.63, 3.8) is 0 Å². The molecule has 2 aromatic heterocycles. The number of nitriles is 1. The van der Waals surface area contributed by atoms with Crippen LogP contribution < -0.4 is 4.74 Å². The lowest BCUT2D eigenvalue weighted by Crippen LogP contribution is -2.36. The summed E-state index contributed by atoms with van der Waals surface area (Å²) in [6, 6.07) is 9.65. The lowest BCUT2D eigenvalue weighted by atomic mass is 10.1. The van der Waals surface area contributed by atoms with Crippen LogP contribution in [-0.4, -0.2) is 45.5 Å². The predicted octanol–water partition coefficient (Wildman–Crippen LogP) is 3.89. The largest absolute Gasteiger partial charge is 0.481 e. The Morgan fingerprint density at radius 1 is 1.19 bits per heavy atom. The van der Waals surface area contributed by atoms with Crippen molar-refractivity contribution in [2.75, 3.05) is 20.2 Å². The second kappa shape index (κ2) is 8.56. The molecule has 3 aromatic rings. The Bertz CT molecular complexity index is 1160. The highest BCUT2D eigenvalue weighted by atomic mass is 19.1. The number of piperidine rings is 1. The molecule has 1 aromatic carbocycles. The van der Waals surface area contributed by atoms with Crippen LogP contribution in [0.15, 0.2) is 36.5 Å². The Balaban J connectivity index is 1.86. The molecule has 0 N–H and O–H groups in total. The van der Waals surface area contributed by atoms with Crippen molar-refractivity contribution in [3.05, 3.63) is 59.3 Å². The topological polar surface area (TPSA) is 84.0 Å². The molecule has 0 aliphatic carbocycles. The molecule has 0 atom stereocenters. The van der Waals surface area contributed by atoms with Crippen molar-refractivity contribution in [1.82, 2.24) is 19.4 Å². The molecule has 1 saturated heterocycles. The second-order valence-electron chi connectivity index (χ2n) is 7.42. The van der Waals surface area contributed by atoms with Crippen molar-refractivity contribution in [1.29, 1.82) is 5.26 Å². The molecule has 31 heavy (non-hydrogen) atoms. The maximum Gasteiger partial charge on any atom is 0.274 e. The summed E-state index contributed by atoms with van der Waals surface area (Å²) in [5, 5.41) is 9.05. The number of carbonyl (C=O) groups excluding carboxylic acids is 1. The third-order valence-corrected chi connectivity index (χ3v) is 5.49. The standard InChI is InChI=1S/C23H22FN5O2/c1-15-21(23(30)28-10-4-3-5-11-28)27-22(16-6-7-17(13-25)19(24)12-16)29(15)18-8-9-20(31-2)26-14-18/h6-9,12,14H,3-5,10-11H2,1-2H3. The molecule has 7 nitrogen and oxygen atoms in total. The summed E-state index contributed by atoms with van der Waals surface area (Å²) in [7, 11) is 1.53. The molecule has 1 amide bonds. The molecule has 8 heteroatoms. The average Bonchev–Trinajstić information content (AvgIpc) is 3.16. The van der Waals surface area contributed by atoms with Crippen molar-refractivity contribution < 1.29 is 13.9 Å². The summed E-state index contributed by atoms with van der Waals surface area (Å²) in [5.41, 5.74) is 2.06. The van der Waals surface area contributed by atoms with E-state index < -0.39 is 5.82 Å². The molecule has 4 rings (SSSR count). The number of hydrogen-bond donors (Lipinski definition) is 0. The first-order chi connectivity index (χ1) is 15.0. The van der Waals surface area contributed by atoms with Crippen LogP contribution in [0.4, 0.5) is 4.39 Å². The fraction of sp³-hybridized carbons (Fsp3) is 0.304. The number of halogens is 1. The van der Waals surface area contributed by atoms with Gasteiger partial charge in [0, 0.05) is 24.7 Å². The first kappa shape index (κ1) is 20.5. The average molecular weight is 419 g/mol. The minimum atomic E-state index is -0.635. The highest BCUT2D eigenvalue weighted by Gasteiger charge is 2.26. The molecular formula is C23H22FN5O2. The number of ether oxygens (including phenoxy) is 1. The van der Waals surface area contributed by atoms with Gasteiger partial charge in [-0.25, -0.2) is 14.4 Å². The van der Waals surface area contributed by atoms with Gasteiger partial charge in [0.15, 0.2) is 0 Å². The van der Waals surface area contributed by atoms with Crippen LogP contribution in [0, 0.1) is 24.1 Å². The number of imidazole rings is 1. The van der Waals surface area contributed by atoms with Crippen LogP contribution in [0.2, 0.25) is 0 Å². The van der Waals surface area contributed by atoms with Gasteiger partial charge in [-0.15, -0.1) is 0 Å². The van der Waals surface area contributed by atoms with E-state index in [-0.39, 0.29) is 11.5 Å². The van der Waals surface area contributed by atoms with Gasteiger partial charge in [-0.2, -0.15) is 5.26 Å². The summed E-state index contributed by atoms with van der Waals surface area (Å²) < 4.78 is 21.3. The smallest absolute Gasteiger partial charge is 0.274 e. The minimum absolute atomic E-state index is 0.0469. The fourth-order valence-electron chi connectivity index (χ4n) is 3.83. The summed E-state index contributed by atoms with van der Waals surface area (Å²) >= 11 is 0. The predicted molar refractivity (Wildman–Crippen MR) is 113 cm³/mol. The van der Waals surface area contributed by atoms with E-state index in [2.05, 4.69) is 9.97 Å². The molecule has 0 saturated carbocycles. The number of benzene rings is 1. The number of hydrogen-bond acceptors (Lipinski definition) is 5. The number of amides is 1. The molecule has 0 bridgehead atoms. The van der Waals surface area contributed by atoms with Gasteiger partial charge in [0.1, 0.15) is 23.4 Å². The molecule has 1 aliphatic rings. The van der Waals surface area contributed by atoms with E-state index in [0.29, 0.717) is 47.4 Å².